The molecule has 0 aliphatic carbocycles. The van der Waals surface area contributed by atoms with Gasteiger partial charge in [0.25, 0.3) is 11.5 Å². The average molecular weight is 312 g/mol. The molecular formula is C17H20N4O2. The first-order valence-electron chi connectivity index (χ1n) is 7.71. The summed E-state index contributed by atoms with van der Waals surface area (Å²) in [7, 11) is 0. The Morgan fingerprint density at radius 3 is 2.57 bits per heavy atom. The third kappa shape index (κ3) is 3.26. The number of nitrogens with one attached hydrogen (secondary N) is 1. The lowest BCUT2D eigenvalue weighted by molar-refractivity contribution is 0.0740. The summed E-state index contributed by atoms with van der Waals surface area (Å²) in [6.07, 6.45) is 1.27. The fourth-order valence-corrected chi connectivity index (χ4v) is 2.86. The Balaban J connectivity index is 1.70. The molecule has 6 nitrogen and oxygen atoms in total. The van der Waals surface area contributed by atoms with E-state index in [1.54, 1.807) is 4.90 Å². The van der Waals surface area contributed by atoms with Gasteiger partial charge in [0.1, 0.15) is 5.69 Å². The maximum Gasteiger partial charge on any atom is 0.272 e. The van der Waals surface area contributed by atoms with Gasteiger partial charge in [-0.2, -0.15) is 0 Å². The minimum absolute atomic E-state index is 0.184. The largest absolute Gasteiger partial charge is 0.368 e. The second-order valence-corrected chi connectivity index (χ2v) is 5.87. The number of anilines is 1. The van der Waals surface area contributed by atoms with Crippen LogP contribution >= 0.6 is 0 Å². The van der Waals surface area contributed by atoms with Crippen LogP contribution in [0.3, 0.4) is 0 Å². The highest BCUT2D eigenvalue weighted by Crippen LogP contribution is 2.23. The Labute approximate surface area is 134 Å². The van der Waals surface area contributed by atoms with Crippen molar-refractivity contribution in [1.82, 2.24) is 14.9 Å². The van der Waals surface area contributed by atoms with E-state index in [9.17, 15) is 9.59 Å². The molecule has 0 spiro atoms. The number of amides is 1. The van der Waals surface area contributed by atoms with E-state index in [0.29, 0.717) is 13.1 Å². The predicted octanol–water partition coefficient (Wildman–Crippen LogP) is 1.35. The summed E-state index contributed by atoms with van der Waals surface area (Å²) in [5.41, 5.74) is 3.60. The summed E-state index contributed by atoms with van der Waals surface area (Å²) in [4.78, 5) is 34.2. The van der Waals surface area contributed by atoms with Crippen molar-refractivity contribution in [2.75, 3.05) is 31.1 Å². The summed E-state index contributed by atoms with van der Waals surface area (Å²) < 4.78 is 0. The van der Waals surface area contributed by atoms with Crippen LogP contribution in [0, 0.1) is 13.8 Å². The van der Waals surface area contributed by atoms with Gasteiger partial charge in [0.05, 0.1) is 6.33 Å². The van der Waals surface area contributed by atoms with Gasteiger partial charge < -0.3 is 14.8 Å². The maximum absolute atomic E-state index is 12.4. The van der Waals surface area contributed by atoms with Crippen molar-refractivity contribution < 1.29 is 4.79 Å². The number of H-pyrrole nitrogens is 1. The van der Waals surface area contributed by atoms with Gasteiger partial charge in [0.2, 0.25) is 0 Å². The number of aromatic amines is 1. The summed E-state index contributed by atoms with van der Waals surface area (Å²) in [6, 6.07) is 7.67. The Morgan fingerprint density at radius 1 is 1.13 bits per heavy atom. The fourth-order valence-electron chi connectivity index (χ4n) is 2.86. The Morgan fingerprint density at radius 2 is 1.87 bits per heavy atom. The number of benzene rings is 1. The quantitative estimate of drug-likeness (QED) is 0.909. The lowest BCUT2D eigenvalue weighted by atomic mass is 10.1. The van der Waals surface area contributed by atoms with Crippen LogP contribution in [0.2, 0.25) is 0 Å². The number of carbonyl (C=O) groups excluding carboxylic acids is 1. The van der Waals surface area contributed by atoms with Crippen LogP contribution in [-0.4, -0.2) is 47.0 Å². The van der Waals surface area contributed by atoms with Crippen molar-refractivity contribution in [3.05, 3.63) is 57.8 Å². The highest BCUT2D eigenvalue weighted by molar-refractivity contribution is 5.92. The zero-order chi connectivity index (χ0) is 16.4. The molecule has 1 aliphatic heterocycles. The maximum atomic E-state index is 12.4. The number of aryl methyl sites for hydroxylation is 2. The molecule has 1 fully saturated rings. The summed E-state index contributed by atoms with van der Waals surface area (Å²) >= 11 is 0. The SMILES string of the molecule is Cc1ccc(C)c(N2CCN(C(=O)c3cc(=O)[nH]cn3)CC2)c1. The normalized spacial score (nSPS) is 14.9. The van der Waals surface area contributed by atoms with Crippen LogP contribution in [0.15, 0.2) is 35.4 Å². The van der Waals surface area contributed by atoms with E-state index in [1.165, 1.54) is 29.2 Å². The number of aromatic nitrogens is 2. The molecule has 1 N–H and O–H groups in total. The first kappa shape index (κ1) is 15.3. The highest BCUT2D eigenvalue weighted by Gasteiger charge is 2.23. The van der Waals surface area contributed by atoms with Gasteiger partial charge in [0, 0.05) is 37.9 Å². The molecule has 1 amide bonds. The fraction of sp³-hybridized carbons (Fsp3) is 0.353. The van der Waals surface area contributed by atoms with Crippen LogP contribution in [0.5, 0.6) is 0 Å². The smallest absolute Gasteiger partial charge is 0.272 e. The Bertz CT molecular complexity index is 776. The van der Waals surface area contributed by atoms with Crippen molar-refractivity contribution >= 4 is 11.6 Å². The third-order valence-electron chi connectivity index (χ3n) is 4.17. The minimum Gasteiger partial charge on any atom is -0.368 e. The molecule has 0 unspecified atom stereocenters. The van der Waals surface area contributed by atoms with E-state index < -0.39 is 0 Å². The molecule has 0 radical (unpaired) electrons. The molecule has 1 aromatic heterocycles. The van der Waals surface area contributed by atoms with Crippen LogP contribution in [-0.2, 0) is 0 Å². The minimum atomic E-state index is -0.308. The molecule has 0 bridgehead atoms. The summed E-state index contributed by atoms with van der Waals surface area (Å²) in [6.45, 7) is 6.99. The van der Waals surface area contributed by atoms with E-state index in [4.69, 9.17) is 0 Å². The number of piperazine rings is 1. The second-order valence-electron chi connectivity index (χ2n) is 5.87. The van der Waals surface area contributed by atoms with Gasteiger partial charge in [-0.05, 0) is 31.0 Å². The van der Waals surface area contributed by atoms with Gasteiger partial charge in [-0.1, -0.05) is 12.1 Å². The highest BCUT2D eigenvalue weighted by atomic mass is 16.2. The zero-order valence-corrected chi connectivity index (χ0v) is 13.4. The molecule has 6 heteroatoms. The predicted molar refractivity (Wildman–Crippen MR) is 88.9 cm³/mol. The number of nitrogens with zero attached hydrogens (tertiary/aromatic N) is 3. The molecule has 3 rings (SSSR count). The molecule has 1 saturated heterocycles. The number of rotatable bonds is 2. The molecule has 1 aromatic carbocycles. The molecule has 1 aliphatic rings. The number of hydrogen-bond donors (Lipinski definition) is 1. The van der Waals surface area contributed by atoms with Gasteiger partial charge >= 0.3 is 0 Å². The van der Waals surface area contributed by atoms with Gasteiger partial charge in [-0.15, -0.1) is 0 Å². The Kier molecular flexibility index (Phi) is 4.14. The van der Waals surface area contributed by atoms with Crippen molar-refractivity contribution in [2.24, 2.45) is 0 Å². The third-order valence-corrected chi connectivity index (χ3v) is 4.17. The standard InChI is InChI=1S/C17H20N4O2/c1-12-3-4-13(2)15(9-12)20-5-7-21(8-6-20)17(23)14-10-16(22)19-11-18-14/h3-4,9-11H,5-8H2,1-2H3,(H,18,19,22). The molecular weight excluding hydrogens is 292 g/mol. The van der Waals surface area contributed by atoms with Crippen molar-refractivity contribution in [3.8, 4) is 0 Å². The molecule has 23 heavy (non-hydrogen) atoms. The van der Waals surface area contributed by atoms with Crippen LogP contribution in [0.4, 0.5) is 5.69 Å². The lowest BCUT2D eigenvalue weighted by Gasteiger charge is -2.36. The molecule has 0 atom stereocenters. The van der Waals surface area contributed by atoms with Crippen LogP contribution < -0.4 is 10.5 Å². The van der Waals surface area contributed by atoms with E-state index in [0.717, 1.165) is 13.1 Å². The molecule has 2 aromatic rings. The summed E-state index contributed by atoms with van der Waals surface area (Å²) in [5.74, 6) is -0.184. The van der Waals surface area contributed by atoms with Gasteiger partial charge in [0.15, 0.2) is 0 Å². The van der Waals surface area contributed by atoms with Crippen molar-refractivity contribution in [2.45, 2.75) is 13.8 Å². The van der Waals surface area contributed by atoms with Crippen molar-refractivity contribution in [3.63, 3.8) is 0 Å². The number of carbonyl (C=O) groups is 1. The van der Waals surface area contributed by atoms with Crippen molar-refractivity contribution in [1.29, 1.82) is 0 Å². The van der Waals surface area contributed by atoms with Gasteiger partial charge in [-0.25, -0.2) is 4.98 Å². The topological polar surface area (TPSA) is 69.3 Å². The monoisotopic (exact) mass is 312 g/mol. The molecule has 120 valence electrons. The first-order chi connectivity index (χ1) is 11.0. The number of hydrogen-bond acceptors (Lipinski definition) is 4. The molecule has 0 saturated carbocycles. The van der Waals surface area contributed by atoms with Gasteiger partial charge in [-0.3, -0.25) is 9.59 Å². The van der Waals surface area contributed by atoms with E-state index in [-0.39, 0.29) is 17.2 Å². The van der Waals surface area contributed by atoms with Crippen LogP contribution in [0.25, 0.3) is 0 Å². The van der Waals surface area contributed by atoms with E-state index in [1.807, 2.05) is 0 Å². The van der Waals surface area contributed by atoms with E-state index in [2.05, 4.69) is 46.9 Å². The zero-order valence-electron chi connectivity index (χ0n) is 13.4. The second kappa shape index (κ2) is 6.24. The lowest BCUT2D eigenvalue weighted by Crippen LogP contribution is -2.49. The van der Waals surface area contributed by atoms with E-state index >= 15 is 0 Å². The average Bonchev–Trinajstić information content (AvgIpc) is 2.56. The summed E-state index contributed by atoms with van der Waals surface area (Å²) in [5, 5.41) is 0. The van der Waals surface area contributed by atoms with Crippen LogP contribution in [0.1, 0.15) is 21.6 Å². The molecule has 2 heterocycles. The Hall–Kier alpha value is -2.63. The first-order valence-corrected chi connectivity index (χ1v) is 7.71.